The predicted octanol–water partition coefficient (Wildman–Crippen LogP) is 8.25. The Labute approximate surface area is 393 Å². The number of ether oxygens (including phenoxy) is 4. The van der Waals surface area contributed by atoms with E-state index in [4.69, 9.17) is 30.1 Å². The molecule has 1 fully saturated rings. The lowest BCUT2D eigenvalue weighted by Gasteiger charge is -2.38. The van der Waals surface area contributed by atoms with Gasteiger partial charge < -0.3 is 40.7 Å². The minimum atomic E-state index is -2.16. The highest BCUT2D eigenvalue weighted by Crippen LogP contribution is 2.57. The topological polar surface area (TPSA) is 196 Å². The third-order valence-corrected chi connectivity index (χ3v) is 17.2. The molecule has 13 nitrogen and oxygen atoms in total. The predicted molar refractivity (Wildman–Crippen MR) is 258 cm³/mol. The third kappa shape index (κ3) is 7.50. The zero-order chi connectivity index (χ0) is 47.8. The van der Waals surface area contributed by atoms with Crippen molar-refractivity contribution in [2.75, 3.05) is 5.73 Å². The zero-order valence-electron chi connectivity index (χ0n) is 38.1. The number of hydrogen-bond acceptors (Lipinski definition) is 11. The maximum absolute atomic E-state index is 13.8. The zero-order valence-corrected chi connectivity index (χ0v) is 39.1. The van der Waals surface area contributed by atoms with Crippen LogP contribution in [-0.4, -0.2) is 55.6 Å². The van der Waals surface area contributed by atoms with E-state index in [2.05, 4.69) is 41.9 Å². The van der Waals surface area contributed by atoms with Crippen molar-refractivity contribution in [3.05, 3.63) is 170 Å². The fourth-order valence-corrected chi connectivity index (χ4v) is 13.5. The summed E-state index contributed by atoms with van der Waals surface area (Å²) in [6, 6.07) is 26.2. The van der Waals surface area contributed by atoms with Gasteiger partial charge >= 0.3 is 17.9 Å². The van der Waals surface area contributed by atoms with E-state index in [-0.39, 0.29) is 58.0 Å². The largest absolute Gasteiger partial charge is 0.456 e. The molecule has 0 saturated heterocycles. The fraction of sp³-hybridized carbons (Fsp3) is 0.222. The van der Waals surface area contributed by atoms with E-state index in [1.165, 1.54) is 42.4 Å². The first-order valence-electron chi connectivity index (χ1n) is 22.6. The molecule has 0 atom stereocenters. The molecule has 0 unspecified atom stereocenters. The first kappa shape index (κ1) is 44.0. The van der Waals surface area contributed by atoms with Gasteiger partial charge in [0.25, 0.3) is 11.8 Å². The minimum absolute atomic E-state index is 0.0785. The maximum atomic E-state index is 13.8. The van der Waals surface area contributed by atoms with Crippen LogP contribution in [0.4, 0.5) is 5.69 Å². The smallest absolute Gasteiger partial charge is 0.340 e. The van der Waals surface area contributed by atoms with Crippen LogP contribution in [0.1, 0.15) is 104 Å². The Kier molecular flexibility index (Phi) is 10.7. The third-order valence-electron chi connectivity index (χ3n) is 13.6. The van der Waals surface area contributed by atoms with Crippen molar-refractivity contribution in [2.24, 2.45) is 0 Å². The van der Waals surface area contributed by atoms with Crippen molar-refractivity contribution in [3.8, 4) is 23.0 Å². The van der Waals surface area contributed by atoms with E-state index in [1.54, 1.807) is 36.4 Å². The molecule has 5 N–H and O–H groups in total. The van der Waals surface area contributed by atoms with E-state index >= 15 is 0 Å². The molecule has 68 heavy (non-hydrogen) atoms. The number of hydrogen-bond donors (Lipinski definition) is 4. The number of carbonyl (C=O) groups excluding carboxylic acids is 5. The summed E-state index contributed by atoms with van der Waals surface area (Å²) in [5.41, 5.74) is 13.8. The number of esters is 3. The van der Waals surface area contributed by atoms with Crippen LogP contribution in [0.5, 0.6) is 23.0 Å². The quantitative estimate of drug-likeness (QED) is 0.0534. The van der Waals surface area contributed by atoms with Gasteiger partial charge in [-0.15, -0.1) is 0 Å². The highest BCUT2D eigenvalue weighted by molar-refractivity contribution is 6.98. The second kappa shape index (κ2) is 16.5. The summed E-state index contributed by atoms with van der Waals surface area (Å²) in [6.07, 6.45) is 8.51. The average molecular weight is 925 g/mol. The number of anilines is 1. The lowest BCUT2D eigenvalue weighted by Crippen LogP contribution is -2.49. The average Bonchev–Trinajstić information content (AvgIpc) is 3.58. The van der Waals surface area contributed by atoms with E-state index in [0.717, 1.165) is 27.8 Å². The second-order valence-electron chi connectivity index (χ2n) is 18.5. The molecule has 3 heterocycles. The first-order chi connectivity index (χ1) is 32.5. The fourth-order valence-electron chi connectivity index (χ4n) is 10.5. The number of aryl methyl sites for hydroxylation is 1. The summed E-state index contributed by atoms with van der Waals surface area (Å²) in [5, 5.41) is 17.2. The number of fused-ring (bicyclic) bond motifs is 8. The number of nitrogen functional groups attached to an aromatic ring is 1. The van der Waals surface area contributed by atoms with Gasteiger partial charge in [-0.05, 0) is 144 Å². The number of rotatable bonds is 7. The van der Waals surface area contributed by atoms with Crippen LogP contribution in [0, 0.1) is 12.3 Å². The van der Waals surface area contributed by atoms with Gasteiger partial charge in [0, 0.05) is 71.6 Å². The van der Waals surface area contributed by atoms with Gasteiger partial charge in [-0.2, -0.15) is 0 Å². The molecule has 0 aromatic heterocycles. The molecule has 5 aromatic rings. The Bertz CT molecular complexity index is 3130. The standard InChI is InChI=1S/C54H48N4O9Si/c1-28-22-31(6-16-39(28)50-40-17-8-33(55)24-48(40)68(4,5)49-25-34(56)9-18-41(49)50)51(61)57-35-10-12-36(13-11-35)58-52(62)32-7-19-43-42(23-32)53(63)67-54(43)44-20-14-37(64-29(2)59)26-46(44)66-47-27-38(65-30(3)60)15-21-45(47)54/h6-9,14-27,35-36,55H,10-13,56H2,1-5H3,(H,57,61)(H,58,62). The molecule has 3 aliphatic heterocycles. The first-order valence-corrected chi connectivity index (χ1v) is 25.6. The molecule has 2 amide bonds. The van der Waals surface area contributed by atoms with Gasteiger partial charge in [-0.1, -0.05) is 37.4 Å². The van der Waals surface area contributed by atoms with Crippen LogP contribution in [-0.2, 0) is 19.9 Å². The SMILES string of the molecule is CC(=O)Oc1ccc2c(c1)Oc1cc(OC(C)=O)ccc1C21OC(=O)c2cc(C(=O)NC3CCC(NC(=O)c4ccc(C5=C6C=CC(=N)C=C6[Si](C)(C)c6cc(N)ccc65)c(C)c4)CC3)ccc21. The van der Waals surface area contributed by atoms with Crippen LogP contribution in [0.3, 0.4) is 0 Å². The Balaban J connectivity index is 0.829. The van der Waals surface area contributed by atoms with Crippen LogP contribution in [0.25, 0.3) is 5.57 Å². The highest BCUT2D eigenvalue weighted by atomic mass is 28.3. The number of benzene rings is 5. The maximum Gasteiger partial charge on any atom is 0.340 e. The monoisotopic (exact) mass is 924 g/mol. The van der Waals surface area contributed by atoms with Crippen molar-refractivity contribution in [1.29, 1.82) is 5.41 Å². The molecule has 10 rings (SSSR count). The minimum Gasteiger partial charge on any atom is -0.456 e. The van der Waals surface area contributed by atoms with Gasteiger partial charge in [0.05, 0.1) is 11.3 Å². The van der Waals surface area contributed by atoms with Crippen molar-refractivity contribution >= 4 is 60.0 Å². The van der Waals surface area contributed by atoms with Crippen LogP contribution in [0.2, 0.25) is 13.1 Å². The normalized spacial score (nSPS) is 18.9. The Morgan fingerprint density at radius 2 is 1.26 bits per heavy atom. The van der Waals surface area contributed by atoms with E-state index < -0.39 is 31.6 Å². The molecule has 0 bridgehead atoms. The van der Waals surface area contributed by atoms with Gasteiger partial charge in [0.1, 0.15) is 31.1 Å². The summed E-state index contributed by atoms with van der Waals surface area (Å²) in [6.45, 7) is 9.19. The summed E-state index contributed by atoms with van der Waals surface area (Å²) in [5.74, 6) is -1.26. The molecule has 0 radical (unpaired) electrons. The molecule has 2 aliphatic carbocycles. The molecule has 1 saturated carbocycles. The highest BCUT2D eigenvalue weighted by Gasteiger charge is 2.54. The summed E-state index contributed by atoms with van der Waals surface area (Å²) in [7, 11) is -2.16. The molecular weight excluding hydrogens is 877 g/mol. The number of carbonyl (C=O) groups is 5. The van der Waals surface area contributed by atoms with E-state index in [1.807, 2.05) is 43.3 Å². The lowest BCUT2D eigenvalue weighted by atomic mass is 9.77. The van der Waals surface area contributed by atoms with Crippen molar-refractivity contribution in [2.45, 2.75) is 77.2 Å². The van der Waals surface area contributed by atoms with Crippen molar-refractivity contribution < 1.29 is 42.9 Å². The molecule has 342 valence electrons. The van der Waals surface area contributed by atoms with Crippen LogP contribution >= 0.6 is 0 Å². The number of nitrogens with one attached hydrogen (secondary N) is 3. The molecule has 5 aliphatic rings. The molecule has 1 spiro atoms. The van der Waals surface area contributed by atoms with Gasteiger partial charge in [0.15, 0.2) is 5.60 Å². The number of allylic oxidation sites excluding steroid dienone is 5. The lowest BCUT2D eigenvalue weighted by molar-refractivity contribution is -0.132. The number of amides is 2. The van der Waals surface area contributed by atoms with E-state index in [9.17, 15) is 24.0 Å². The van der Waals surface area contributed by atoms with Crippen LogP contribution in [0.15, 0.2) is 120 Å². The van der Waals surface area contributed by atoms with Crippen molar-refractivity contribution in [1.82, 2.24) is 10.6 Å². The Morgan fingerprint density at radius 1 is 0.706 bits per heavy atom. The van der Waals surface area contributed by atoms with Gasteiger partial charge in [0.2, 0.25) is 0 Å². The Morgan fingerprint density at radius 3 is 1.85 bits per heavy atom. The van der Waals surface area contributed by atoms with Crippen molar-refractivity contribution in [3.63, 3.8) is 0 Å². The number of nitrogens with two attached hydrogens (primary N) is 1. The molecule has 14 heteroatoms. The van der Waals surface area contributed by atoms with Gasteiger partial charge in [-0.3, -0.25) is 19.2 Å². The van der Waals surface area contributed by atoms with E-state index in [0.29, 0.717) is 59.3 Å². The molecular formula is C54H48N4O9Si. The Hall–Kier alpha value is -7.84. The summed E-state index contributed by atoms with van der Waals surface area (Å²) >= 11 is 0. The van der Waals surface area contributed by atoms with Gasteiger partial charge in [-0.25, -0.2) is 4.79 Å². The van der Waals surface area contributed by atoms with Crippen LogP contribution < -0.4 is 35.8 Å². The second-order valence-corrected chi connectivity index (χ2v) is 22.9. The summed E-state index contributed by atoms with van der Waals surface area (Å²) in [4.78, 5) is 65.0. The summed E-state index contributed by atoms with van der Waals surface area (Å²) < 4.78 is 23.2. The molecule has 5 aromatic carbocycles.